The van der Waals surface area contributed by atoms with Crippen LogP contribution in [0.2, 0.25) is 0 Å². The Balaban J connectivity index is 2.45. The van der Waals surface area contributed by atoms with Gasteiger partial charge in [-0.25, -0.2) is 0 Å². The van der Waals surface area contributed by atoms with E-state index in [1.807, 2.05) is 27.7 Å². The van der Waals surface area contributed by atoms with E-state index in [4.69, 9.17) is 14.0 Å². The standard InChI is InChI=1S/C17H21BBrF3O4/c1-15(2)16(3,4)26-18(25-15)12(9-14(23)24-5)10-6-7-13(19)11(8-10)17(20,21)22/h6-8,12H,9H2,1-5H3. The monoisotopic (exact) mass is 436 g/mol. The minimum absolute atomic E-state index is 0.0699. The van der Waals surface area contributed by atoms with E-state index in [0.717, 1.165) is 6.07 Å². The third-order valence-corrected chi connectivity index (χ3v) is 5.63. The Bertz CT molecular complexity index is 675. The van der Waals surface area contributed by atoms with Gasteiger partial charge < -0.3 is 14.0 Å². The summed E-state index contributed by atoms with van der Waals surface area (Å²) >= 11 is 2.93. The molecule has 1 saturated heterocycles. The van der Waals surface area contributed by atoms with Gasteiger partial charge in [0.2, 0.25) is 0 Å². The van der Waals surface area contributed by atoms with E-state index in [-0.39, 0.29) is 10.9 Å². The molecule has 1 aromatic carbocycles. The molecule has 144 valence electrons. The molecule has 0 bridgehead atoms. The number of ether oxygens (including phenoxy) is 1. The summed E-state index contributed by atoms with van der Waals surface area (Å²) in [6.45, 7) is 7.35. The predicted octanol–water partition coefficient (Wildman–Crippen LogP) is 4.75. The normalized spacial score (nSPS) is 20.1. The number of alkyl halides is 3. The molecule has 2 rings (SSSR count). The summed E-state index contributed by atoms with van der Waals surface area (Å²) in [6.07, 6.45) is -4.69. The molecule has 1 aromatic rings. The van der Waals surface area contributed by atoms with E-state index in [0.29, 0.717) is 5.56 Å². The predicted molar refractivity (Wildman–Crippen MR) is 94.6 cm³/mol. The molecule has 4 nitrogen and oxygen atoms in total. The van der Waals surface area contributed by atoms with Crippen molar-refractivity contribution in [3.63, 3.8) is 0 Å². The molecule has 1 heterocycles. The van der Waals surface area contributed by atoms with Crippen molar-refractivity contribution in [3.8, 4) is 0 Å². The highest BCUT2D eigenvalue weighted by atomic mass is 79.9. The van der Waals surface area contributed by atoms with Crippen molar-refractivity contribution in [2.24, 2.45) is 0 Å². The average Bonchev–Trinajstić information content (AvgIpc) is 2.72. The number of halogens is 4. The smallest absolute Gasteiger partial charge is 0.466 e. The number of hydrogen-bond acceptors (Lipinski definition) is 4. The van der Waals surface area contributed by atoms with Crippen molar-refractivity contribution in [3.05, 3.63) is 33.8 Å². The minimum atomic E-state index is -4.53. The molecule has 1 fully saturated rings. The highest BCUT2D eigenvalue weighted by Gasteiger charge is 2.54. The Morgan fingerprint density at radius 2 is 1.77 bits per heavy atom. The Morgan fingerprint density at radius 1 is 1.23 bits per heavy atom. The SMILES string of the molecule is COC(=O)CC(B1OC(C)(C)C(C)(C)O1)c1ccc(Br)c(C(F)(F)F)c1. The summed E-state index contributed by atoms with van der Waals surface area (Å²) in [7, 11) is 0.355. The molecular weight excluding hydrogens is 416 g/mol. The van der Waals surface area contributed by atoms with E-state index in [1.54, 1.807) is 0 Å². The van der Waals surface area contributed by atoms with Gasteiger partial charge in [-0.2, -0.15) is 13.2 Å². The van der Waals surface area contributed by atoms with Crippen LogP contribution in [0.4, 0.5) is 13.2 Å². The second kappa shape index (κ2) is 7.17. The number of hydrogen-bond donors (Lipinski definition) is 0. The average molecular weight is 437 g/mol. The van der Waals surface area contributed by atoms with Crippen LogP contribution in [0, 0.1) is 0 Å². The minimum Gasteiger partial charge on any atom is -0.469 e. The van der Waals surface area contributed by atoms with Crippen LogP contribution < -0.4 is 0 Å². The van der Waals surface area contributed by atoms with Crippen molar-refractivity contribution in [2.75, 3.05) is 7.11 Å². The maximum atomic E-state index is 13.3. The van der Waals surface area contributed by atoms with Crippen LogP contribution in [0.1, 0.15) is 51.1 Å². The van der Waals surface area contributed by atoms with Gasteiger partial charge in [0.25, 0.3) is 0 Å². The highest BCUT2D eigenvalue weighted by molar-refractivity contribution is 9.10. The van der Waals surface area contributed by atoms with Crippen LogP contribution in [0.15, 0.2) is 22.7 Å². The Labute approximate surface area is 159 Å². The third kappa shape index (κ3) is 4.26. The Kier molecular flexibility index (Phi) is 5.86. The van der Waals surface area contributed by atoms with Gasteiger partial charge in [-0.1, -0.05) is 22.0 Å². The van der Waals surface area contributed by atoms with Gasteiger partial charge in [0, 0.05) is 10.3 Å². The number of carbonyl (C=O) groups excluding carboxylic acids is 1. The zero-order chi connectivity index (χ0) is 19.9. The lowest BCUT2D eigenvalue weighted by Gasteiger charge is -2.32. The van der Waals surface area contributed by atoms with Crippen LogP contribution in [0.3, 0.4) is 0 Å². The van der Waals surface area contributed by atoms with Gasteiger partial charge in [0.1, 0.15) is 0 Å². The molecule has 1 unspecified atom stereocenters. The van der Waals surface area contributed by atoms with Crippen molar-refractivity contribution in [2.45, 2.75) is 57.3 Å². The molecule has 1 atom stereocenters. The number of rotatable bonds is 4. The van der Waals surface area contributed by atoms with Crippen LogP contribution in [-0.2, 0) is 25.0 Å². The first kappa shape index (κ1) is 21.2. The van der Waals surface area contributed by atoms with Crippen molar-refractivity contribution < 1.29 is 32.0 Å². The summed E-state index contributed by atoms with van der Waals surface area (Å²) in [5.41, 5.74) is -1.87. The molecule has 26 heavy (non-hydrogen) atoms. The van der Waals surface area contributed by atoms with Crippen LogP contribution in [-0.4, -0.2) is 31.4 Å². The molecule has 0 N–H and O–H groups in total. The summed E-state index contributed by atoms with van der Waals surface area (Å²) in [5.74, 6) is -1.29. The van der Waals surface area contributed by atoms with E-state index in [1.165, 1.54) is 19.2 Å². The topological polar surface area (TPSA) is 44.8 Å². The number of esters is 1. The van der Waals surface area contributed by atoms with Crippen molar-refractivity contribution in [1.29, 1.82) is 0 Å². The van der Waals surface area contributed by atoms with E-state index < -0.39 is 41.8 Å². The summed E-state index contributed by atoms with van der Waals surface area (Å²) in [4.78, 5) is 11.9. The Morgan fingerprint density at radius 3 is 2.23 bits per heavy atom. The molecule has 1 aliphatic heterocycles. The van der Waals surface area contributed by atoms with Gasteiger partial charge in [-0.3, -0.25) is 4.79 Å². The van der Waals surface area contributed by atoms with E-state index in [2.05, 4.69) is 15.9 Å². The highest BCUT2D eigenvalue weighted by Crippen LogP contribution is 2.43. The quantitative estimate of drug-likeness (QED) is 0.504. The summed E-state index contributed by atoms with van der Waals surface area (Å²) < 4.78 is 56.3. The maximum absolute atomic E-state index is 13.3. The van der Waals surface area contributed by atoms with Gasteiger partial charge in [-0.05, 0) is 45.4 Å². The Hall–Kier alpha value is -1.06. The van der Waals surface area contributed by atoms with Crippen LogP contribution >= 0.6 is 15.9 Å². The fourth-order valence-electron chi connectivity index (χ4n) is 2.68. The molecule has 0 saturated carbocycles. The molecule has 0 aromatic heterocycles. The van der Waals surface area contributed by atoms with Crippen LogP contribution in [0.25, 0.3) is 0 Å². The lowest BCUT2D eigenvalue weighted by molar-refractivity contribution is -0.140. The second-order valence-corrected chi connectivity index (χ2v) is 8.10. The lowest BCUT2D eigenvalue weighted by atomic mass is 9.66. The number of methoxy groups -OCH3 is 1. The third-order valence-electron chi connectivity index (χ3n) is 4.94. The molecular formula is C17H21BBrF3O4. The molecule has 0 aliphatic carbocycles. The lowest BCUT2D eigenvalue weighted by Crippen LogP contribution is -2.41. The van der Waals surface area contributed by atoms with Gasteiger partial charge in [0.05, 0.1) is 30.3 Å². The van der Waals surface area contributed by atoms with Crippen molar-refractivity contribution >= 4 is 29.0 Å². The number of benzene rings is 1. The second-order valence-electron chi connectivity index (χ2n) is 7.25. The fourth-order valence-corrected chi connectivity index (χ4v) is 3.15. The largest absolute Gasteiger partial charge is 0.469 e. The fraction of sp³-hybridized carbons (Fsp3) is 0.588. The maximum Gasteiger partial charge on any atom is 0.466 e. The number of carbonyl (C=O) groups is 1. The molecule has 0 radical (unpaired) electrons. The van der Waals surface area contributed by atoms with E-state index in [9.17, 15) is 18.0 Å². The van der Waals surface area contributed by atoms with Crippen LogP contribution in [0.5, 0.6) is 0 Å². The molecule has 1 aliphatic rings. The van der Waals surface area contributed by atoms with Gasteiger partial charge in [0.15, 0.2) is 0 Å². The van der Waals surface area contributed by atoms with E-state index >= 15 is 0 Å². The molecule has 0 spiro atoms. The summed E-state index contributed by atoms with van der Waals surface area (Å²) in [6, 6.07) is 3.86. The molecule has 0 amide bonds. The first-order valence-electron chi connectivity index (χ1n) is 8.07. The summed E-state index contributed by atoms with van der Waals surface area (Å²) in [5, 5.41) is 0. The first-order chi connectivity index (χ1) is 11.8. The first-order valence-corrected chi connectivity index (χ1v) is 8.87. The zero-order valence-corrected chi connectivity index (χ0v) is 16.8. The molecule has 9 heteroatoms. The van der Waals surface area contributed by atoms with Gasteiger partial charge >= 0.3 is 19.3 Å². The zero-order valence-electron chi connectivity index (χ0n) is 15.2. The van der Waals surface area contributed by atoms with Gasteiger partial charge in [-0.15, -0.1) is 0 Å². The van der Waals surface area contributed by atoms with Crippen molar-refractivity contribution in [1.82, 2.24) is 0 Å².